The topological polar surface area (TPSA) is 68.0 Å². The summed E-state index contributed by atoms with van der Waals surface area (Å²) in [5, 5.41) is 11.7. The summed E-state index contributed by atoms with van der Waals surface area (Å²) in [5.74, 6) is 1.20. The van der Waals surface area contributed by atoms with E-state index in [1.165, 1.54) is 0 Å². The molecule has 126 valence electrons. The second-order valence-corrected chi connectivity index (χ2v) is 6.83. The molecular formula is C17H16Cl2N2O3. The first kappa shape index (κ1) is 16.0. The van der Waals surface area contributed by atoms with Crippen LogP contribution in [0.25, 0.3) is 0 Å². The van der Waals surface area contributed by atoms with E-state index in [1.54, 1.807) is 24.3 Å². The standard InChI is InChI=1S/C17H16Cl2N2O3/c18-9-1-3-12-15(5-9)24-16-6-10(19)2-4-13(16)21(12)14-8-23-7-11(20)17(14)22/h1-6,11,14,17,22H,7-8,20H2/t11-,14+,17+/m1/s1. The third kappa shape index (κ3) is 2.62. The first-order valence-electron chi connectivity index (χ1n) is 7.62. The third-order valence-corrected chi connectivity index (χ3v) is 4.82. The number of fused-ring (bicyclic) bond motifs is 2. The summed E-state index contributed by atoms with van der Waals surface area (Å²) in [5.41, 5.74) is 7.59. The van der Waals surface area contributed by atoms with Crippen LogP contribution in [0.3, 0.4) is 0 Å². The van der Waals surface area contributed by atoms with E-state index in [2.05, 4.69) is 0 Å². The SMILES string of the molecule is N[C@@H]1COC[C@H](N2c3ccc(Cl)cc3Oc3cc(Cl)ccc32)[C@H]1O. The summed E-state index contributed by atoms with van der Waals surface area (Å²) in [4.78, 5) is 1.99. The molecule has 0 amide bonds. The van der Waals surface area contributed by atoms with E-state index in [0.717, 1.165) is 11.4 Å². The number of halogens is 2. The zero-order chi connectivity index (χ0) is 16.8. The summed E-state index contributed by atoms with van der Waals surface area (Å²) in [6.45, 7) is 0.696. The van der Waals surface area contributed by atoms with Crippen molar-refractivity contribution < 1.29 is 14.6 Å². The molecule has 0 radical (unpaired) electrons. The van der Waals surface area contributed by atoms with Gasteiger partial charge in [0.25, 0.3) is 0 Å². The summed E-state index contributed by atoms with van der Waals surface area (Å²) < 4.78 is 11.5. The van der Waals surface area contributed by atoms with Gasteiger partial charge in [-0.2, -0.15) is 0 Å². The summed E-state index contributed by atoms with van der Waals surface area (Å²) in [7, 11) is 0. The second-order valence-electron chi connectivity index (χ2n) is 5.96. The lowest BCUT2D eigenvalue weighted by Gasteiger charge is -2.43. The molecule has 0 bridgehead atoms. The average molecular weight is 367 g/mol. The number of aliphatic hydroxyl groups is 1. The maximum Gasteiger partial charge on any atom is 0.152 e. The van der Waals surface area contributed by atoms with Gasteiger partial charge in [0.15, 0.2) is 11.5 Å². The van der Waals surface area contributed by atoms with Gasteiger partial charge in [-0.25, -0.2) is 0 Å². The molecule has 5 nitrogen and oxygen atoms in total. The van der Waals surface area contributed by atoms with Crippen LogP contribution in [0.15, 0.2) is 36.4 Å². The molecule has 2 aromatic carbocycles. The van der Waals surface area contributed by atoms with Gasteiger partial charge in [0, 0.05) is 22.2 Å². The number of nitrogens with two attached hydrogens (primary N) is 1. The number of aliphatic hydroxyl groups excluding tert-OH is 1. The molecule has 0 saturated carbocycles. The van der Waals surface area contributed by atoms with Crippen molar-refractivity contribution in [1.82, 2.24) is 0 Å². The Bertz CT molecular complexity index is 735. The average Bonchev–Trinajstić information content (AvgIpc) is 2.55. The molecule has 1 saturated heterocycles. The second kappa shape index (κ2) is 6.10. The first-order valence-corrected chi connectivity index (χ1v) is 8.38. The Balaban J connectivity index is 1.86. The number of ether oxygens (including phenoxy) is 2. The maximum absolute atomic E-state index is 10.6. The largest absolute Gasteiger partial charge is 0.453 e. The van der Waals surface area contributed by atoms with Crippen LogP contribution in [0.4, 0.5) is 11.4 Å². The molecule has 7 heteroatoms. The van der Waals surface area contributed by atoms with Gasteiger partial charge < -0.3 is 25.2 Å². The van der Waals surface area contributed by atoms with Gasteiger partial charge in [-0.15, -0.1) is 0 Å². The minimum Gasteiger partial charge on any atom is -0.453 e. The Morgan fingerprint density at radius 1 is 1.00 bits per heavy atom. The quantitative estimate of drug-likeness (QED) is 0.809. The smallest absolute Gasteiger partial charge is 0.152 e. The fourth-order valence-corrected chi connectivity index (χ4v) is 3.50. The third-order valence-electron chi connectivity index (χ3n) is 4.35. The molecule has 2 aromatic rings. The van der Waals surface area contributed by atoms with Crippen molar-refractivity contribution in [2.45, 2.75) is 18.2 Å². The van der Waals surface area contributed by atoms with Crippen LogP contribution in [0.1, 0.15) is 0 Å². The fraction of sp³-hybridized carbons (Fsp3) is 0.294. The normalized spacial score (nSPS) is 25.7. The van der Waals surface area contributed by atoms with Crippen molar-refractivity contribution in [2.24, 2.45) is 5.73 Å². The molecule has 3 N–H and O–H groups in total. The molecular weight excluding hydrogens is 351 g/mol. The first-order chi connectivity index (χ1) is 11.5. The van der Waals surface area contributed by atoms with E-state index in [-0.39, 0.29) is 6.04 Å². The van der Waals surface area contributed by atoms with E-state index in [1.807, 2.05) is 17.0 Å². The van der Waals surface area contributed by atoms with Gasteiger partial charge in [-0.3, -0.25) is 0 Å². The maximum atomic E-state index is 10.6. The predicted molar refractivity (Wildman–Crippen MR) is 93.7 cm³/mol. The van der Waals surface area contributed by atoms with Gasteiger partial charge >= 0.3 is 0 Å². The molecule has 1 fully saturated rings. The Morgan fingerprint density at radius 3 is 2.17 bits per heavy atom. The van der Waals surface area contributed by atoms with E-state index in [0.29, 0.717) is 34.8 Å². The Morgan fingerprint density at radius 2 is 1.58 bits per heavy atom. The molecule has 2 aliphatic rings. The van der Waals surface area contributed by atoms with Crippen LogP contribution in [0.5, 0.6) is 11.5 Å². The summed E-state index contributed by atoms with van der Waals surface area (Å²) >= 11 is 12.2. The summed E-state index contributed by atoms with van der Waals surface area (Å²) in [6.07, 6.45) is -0.732. The minimum atomic E-state index is -0.732. The predicted octanol–water partition coefficient (Wildman–Crippen LogP) is 3.32. The highest BCUT2D eigenvalue weighted by Crippen LogP contribution is 2.49. The zero-order valence-corrected chi connectivity index (χ0v) is 14.2. The lowest BCUT2D eigenvalue weighted by molar-refractivity contribution is -0.0195. The number of benzene rings is 2. The van der Waals surface area contributed by atoms with Crippen molar-refractivity contribution in [3.63, 3.8) is 0 Å². The number of hydrogen-bond acceptors (Lipinski definition) is 5. The van der Waals surface area contributed by atoms with Crippen LogP contribution < -0.4 is 15.4 Å². The van der Waals surface area contributed by atoms with E-state index in [9.17, 15) is 5.11 Å². The van der Waals surface area contributed by atoms with Crippen LogP contribution in [-0.2, 0) is 4.74 Å². The highest BCUT2D eigenvalue weighted by molar-refractivity contribution is 6.31. The van der Waals surface area contributed by atoms with Gasteiger partial charge in [-0.05, 0) is 24.3 Å². The van der Waals surface area contributed by atoms with Crippen LogP contribution >= 0.6 is 23.2 Å². The monoisotopic (exact) mass is 366 g/mol. The van der Waals surface area contributed by atoms with E-state index in [4.69, 9.17) is 38.4 Å². The van der Waals surface area contributed by atoms with Crippen molar-refractivity contribution in [2.75, 3.05) is 18.1 Å². The van der Waals surface area contributed by atoms with Crippen LogP contribution in [0, 0.1) is 0 Å². The molecule has 3 atom stereocenters. The highest BCUT2D eigenvalue weighted by atomic mass is 35.5. The van der Waals surface area contributed by atoms with Crippen LogP contribution in [-0.4, -0.2) is 36.5 Å². The van der Waals surface area contributed by atoms with Crippen molar-refractivity contribution >= 4 is 34.6 Å². The van der Waals surface area contributed by atoms with Crippen molar-refractivity contribution in [3.05, 3.63) is 46.4 Å². The molecule has 2 heterocycles. The lowest BCUT2D eigenvalue weighted by atomic mass is 9.98. The minimum absolute atomic E-state index is 0.336. The summed E-state index contributed by atoms with van der Waals surface area (Å²) in [6, 6.07) is 9.99. The molecule has 0 spiro atoms. The molecule has 24 heavy (non-hydrogen) atoms. The van der Waals surface area contributed by atoms with E-state index >= 15 is 0 Å². The molecule has 4 rings (SSSR count). The van der Waals surface area contributed by atoms with Gasteiger partial charge in [-0.1, -0.05) is 23.2 Å². The molecule has 0 aromatic heterocycles. The van der Waals surface area contributed by atoms with Gasteiger partial charge in [0.05, 0.1) is 42.8 Å². The van der Waals surface area contributed by atoms with Crippen molar-refractivity contribution in [1.29, 1.82) is 0 Å². The fourth-order valence-electron chi connectivity index (χ4n) is 3.18. The number of hydrogen-bond donors (Lipinski definition) is 2. The van der Waals surface area contributed by atoms with Gasteiger partial charge in [0.2, 0.25) is 0 Å². The Labute approximate surface area is 149 Å². The number of rotatable bonds is 1. The molecule has 0 unspecified atom stereocenters. The van der Waals surface area contributed by atoms with Crippen molar-refractivity contribution in [3.8, 4) is 11.5 Å². The Hall–Kier alpha value is -1.50. The zero-order valence-electron chi connectivity index (χ0n) is 12.7. The number of anilines is 2. The molecule has 0 aliphatic carbocycles. The van der Waals surface area contributed by atoms with Crippen LogP contribution in [0.2, 0.25) is 10.0 Å². The number of nitrogens with zero attached hydrogens (tertiary/aromatic N) is 1. The Kier molecular flexibility index (Phi) is 4.06. The van der Waals surface area contributed by atoms with Gasteiger partial charge in [0.1, 0.15) is 0 Å². The highest BCUT2D eigenvalue weighted by Gasteiger charge is 2.39. The lowest BCUT2D eigenvalue weighted by Crippen LogP contribution is -2.58. The van der Waals surface area contributed by atoms with E-state index < -0.39 is 12.1 Å². The molecule has 2 aliphatic heterocycles.